The molecule has 1 amide bonds. The van der Waals surface area contributed by atoms with Gasteiger partial charge in [-0.05, 0) is 31.2 Å². The maximum atomic E-state index is 12.6. The van der Waals surface area contributed by atoms with Crippen molar-refractivity contribution in [2.45, 2.75) is 18.1 Å². The highest BCUT2D eigenvalue weighted by Crippen LogP contribution is 2.28. The van der Waals surface area contributed by atoms with Gasteiger partial charge in [-0.25, -0.2) is 0 Å². The molecule has 1 aliphatic heterocycles. The standard InChI is InChI=1S/C19H21N5O2S.ClH/c1-14-12-23(10-9-20-14)17(25)13-27-19-22-21-18(16-8-5-11-26-16)24(19)15-6-3-2-4-7-15;/h2-8,11,14,20H,9-10,12-13H2,1H3;1H/t14-;/m1./s1. The summed E-state index contributed by atoms with van der Waals surface area (Å²) in [6.07, 6.45) is 1.61. The Kier molecular flexibility index (Phi) is 6.77. The Bertz CT molecular complexity index is 900. The van der Waals surface area contributed by atoms with Gasteiger partial charge in [-0.15, -0.1) is 22.6 Å². The molecule has 2 aromatic heterocycles. The highest BCUT2D eigenvalue weighted by molar-refractivity contribution is 7.99. The largest absolute Gasteiger partial charge is 0.461 e. The first-order valence-electron chi connectivity index (χ1n) is 8.91. The van der Waals surface area contributed by atoms with Crippen molar-refractivity contribution in [1.82, 2.24) is 25.0 Å². The fourth-order valence-electron chi connectivity index (χ4n) is 3.12. The summed E-state index contributed by atoms with van der Waals surface area (Å²) in [6.45, 7) is 4.41. The number of piperazine rings is 1. The highest BCUT2D eigenvalue weighted by atomic mass is 35.5. The Labute approximate surface area is 173 Å². The van der Waals surface area contributed by atoms with Crippen molar-refractivity contribution in [3.63, 3.8) is 0 Å². The second-order valence-electron chi connectivity index (χ2n) is 6.44. The first-order chi connectivity index (χ1) is 13.2. The topological polar surface area (TPSA) is 76.2 Å². The average molecular weight is 420 g/mol. The van der Waals surface area contributed by atoms with E-state index in [0.717, 1.165) is 25.3 Å². The number of rotatable bonds is 5. The monoisotopic (exact) mass is 419 g/mol. The molecule has 3 aromatic rings. The number of para-hydroxylation sites is 1. The summed E-state index contributed by atoms with van der Waals surface area (Å²) in [5.74, 6) is 1.71. The van der Waals surface area contributed by atoms with Gasteiger partial charge >= 0.3 is 0 Å². The van der Waals surface area contributed by atoms with Crippen LogP contribution >= 0.6 is 24.2 Å². The molecule has 1 atom stereocenters. The molecule has 0 unspecified atom stereocenters. The van der Waals surface area contributed by atoms with E-state index in [2.05, 4.69) is 22.4 Å². The summed E-state index contributed by atoms with van der Waals surface area (Å²) in [4.78, 5) is 14.5. The van der Waals surface area contributed by atoms with Gasteiger partial charge < -0.3 is 14.6 Å². The SMILES string of the molecule is C[C@@H]1CN(C(=O)CSc2nnc(-c3ccco3)n2-c2ccccc2)CCN1.Cl. The van der Waals surface area contributed by atoms with Crippen LogP contribution in [0.1, 0.15) is 6.92 Å². The van der Waals surface area contributed by atoms with Gasteiger partial charge in [-0.3, -0.25) is 9.36 Å². The van der Waals surface area contributed by atoms with Gasteiger partial charge in [-0.2, -0.15) is 0 Å². The van der Waals surface area contributed by atoms with Crippen molar-refractivity contribution in [2.24, 2.45) is 0 Å². The molecule has 3 heterocycles. The predicted molar refractivity (Wildman–Crippen MR) is 111 cm³/mol. The summed E-state index contributed by atoms with van der Waals surface area (Å²) in [5.41, 5.74) is 0.930. The number of nitrogens with one attached hydrogen (secondary N) is 1. The number of benzene rings is 1. The molecule has 0 saturated carbocycles. The zero-order chi connectivity index (χ0) is 18.6. The fraction of sp³-hybridized carbons (Fsp3) is 0.316. The molecule has 1 aliphatic rings. The molecule has 0 bridgehead atoms. The van der Waals surface area contributed by atoms with E-state index in [1.54, 1.807) is 6.26 Å². The number of halogens is 1. The van der Waals surface area contributed by atoms with Crippen LogP contribution in [0.4, 0.5) is 0 Å². The van der Waals surface area contributed by atoms with Crippen LogP contribution in [0.3, 0.4) is 0 Å². The number of thioether (sulfide) groups is 1. The van der Waals surface area contributed by atoms with E-state index >= 15 is 0 Å². The van der Waals surface area contributed by atoms with Crippen LogP contribution in [0.15, 0.2) is 58.3 Å². The summed E-state index contributed by atoms with van der Waals surface area (Å²) in [7, 11) is 0. The normalized spacial score (nSPS) is 16.6. The van der Waals surface area contributed by atoms with Crippen molar-refractivity contribution in [3.05, 3.63) is 48.7 Å². The third-order valence-corrected chi connectivity index (χ3v) is 5.35. The number of aromatic nitrogens is 3. The Hall–Kier alpha value is -2.29. The fourth-order valence-corrected chi connectivity index (χ4v) is 3.97. The maximum Gasteiger partial charge on any atom is 0.233 e. The van der Waals surface area contributed by atoms with Crippen LogP contribution in [-0.2, 0) is 4.79 Å². The summed E-state index contributed by atoms with van der Waals surface area (Å²) in [6, 6.07) is 13.9. The van der Waals surface area contributed by atoms with E-state index in [0.29, 0.717) is 28.5 Å². The molecule has 0 spiro atoms. The zero-order valence-corrected chi connectivity index (χ0v) is 17.1. The van der Waals surface area contributed by atoms with Crippen LogP contribution in [0.25, 0.3) is 17.3 Å². The quantitative estimate of drug-likeness (QED) is 0.641. The summed E-state index contributed by atoms with van der Waals surface area (Å²) >= 11 is 1.40. The van der Waals surface area contributed by atoms with Crippen LogP contribution < -0.4 is 5.32 Å². The zero-order valence-electron chi connectivity index (χ0n) is 15.4. The number of hydrogen-bond acceptors (Lipinski definition) is 6. The van der Waals surface area contributed by atoms with Gasteiger partial charge in [0.05, 0.1) is 12.0 Å². The van der Waals surface area contributed by atoms with Crippen molar-refractivity contribution < 1.29 is 9.21 Å². The van der Waals surface area contributed by atoms with Crippen molar-refractivity contribution >= 4 is 30.1 Å². The first kappa shape index (κ1) is 20.4. The third kappa shape index (κ3) is 4.40. The number of hydrogen-bond donors (Lipinski definition) is 1. The Morgan fingerprint density at radius 1 is 1.25 bits per heavy atom. The van der Waals surface area contributed by atoms with E-state index in [9.17, 15) is 4.79 Å². The molecular formula is C19H22ClN5O2S. The number of nitrogens with zero attached hydrogens (tertiary/aromatic N) is 4. The first-order valence-corrected chi connectivity index (χ1v) is 9.89. The Balaban J connectivity index is 0.00000225. The van der Waals surface area contributed by atoms with Gasteiger partial charge in [0.2, 0.25) is 11.7 Å². The minimum Gasteiger partial charge on any atom is -0.461 e. The van der Waals surface area contributed by atoms with E-state index < -0.39 is 0 Å². The number of carbonyl (C=O) groups excluding carboxylic acids is 1. The predicted octanol–water partition coefficient (Wildman–Crippen LogP) is 2.86. The molecule has 28 heavy (non-hydrogen) atoms. The van der Waals surface area contributed by atoms with E-state index in [-0.39, 0.29) is 18.3 Å². The summed E-state index contributed by atoms with van der Waals surface area (Å²) in [5, 5.41) is 12.6. The molecule has 7 nitrogen and oxygen atoms in total. The highest BCUT2D eigenvalue weighted by Gasteiger charge is 2.23. The second-order valence-corrected chi connectivity index (χ2v) is 7.38. The number of amides is 1. The van der Waals surface area contributed by atoms with Crippen molar-refractivity contribution in [2.75, 3.05) is 25.4 Å². The van der Waals surface area contributed by atoms with E-state index in [1.165, 1.54) is 11.8 Å². The Morgan fingerprint density at radius 3 is 2.79 bits per heavy atom. The third-order valence-electron chi connectivity index (χ3n) is 4.44. The molecule has 1 N–H and O–H groups in total. The lowest BCUT2D eigenvalue weighted by Crippen LogP contribution is -2.51. The molecule has 0 aliphatic carbocycles. The molecule has 1 aromatic carbocycles. The lowest BCUT2D eigenvalue weighted by molar-refractivity contribution is -0.129. The molecule has 1 saturated heterocycles. The maximum absolute atomic E-state index is 12.6. The molecule has 0 radical (unpaired) electrons. The van der Waals surface area contributed by atoms with Gasteiger partial charge in [0.1, 0.15) is 0 Å². The molecular weight excluding hydrogens is 398 g/mol. The lowest BCUT2D eigenvalue weighted by atomic mass is 10.2. The van der Waals surface area contributed by atoms with Gasteiger partial charge in [0.25, 0.3) is 0 Å². The van der Waals surface area contributed by atoms with Crippen LogP contribution in [-0.4, -0.2) is 57.0 Å². The minimum absolute atomic E-state index is 0. The second kappa shape index (κ2) is 9.27. The van der Waals surface area contributed by atoms with E-state index in [1.807, 2.05) is 51.9 Å². The lowest BCUT2D eigenvalue weighted by Gasteiger charge is -2.31. The van der Waals surface area contributed by atoms with Crippen LogP contribution in [0.5, 0.6) is 0 Å². The summed E-state index contributed by atoms with van der Waals surface area (Å²) < 4.78 is 7.44. The minimum atomic E-state index is 0. The van der Waals surface area contributed by atoms with Gasteiger partial charge in [-0.1, -0.05) is 30.0 Å². The van der Waals surface area contributed by atoms with Gasteiger partial charge in [0, 0.05) is 31.4 Å². The molecule has 4 rings (SSSR count). The molecule has 1 fully saturated rings. The Morgan fingerprint density at radius 2 is 2.07 bits per heavy atom. The van der Waals surface area contributed by atoms with Crippen molar-refractivity contribution in [1.29, 1.82) is 0 Å². The smallest absolute Gasteiger partial charge is 0.233 e. The number of carbonyl (C=O) groups is 1. The number of furan rings is 1. The molecule has 148 valence electrons. The van der Waals surface area contributed by atoms with E-state index in [4.69, 9.17) is 4.42 Å². The van der Waals surface area contributed by atoms with Crippen LogP contribution in [0.2, 0.25) is 0 Å². The molecule has 9 heteroatoms. The average Bonchev–Trinajstić information content (AvgIpc) is 3.36. The van der Waals surface area contributed by atoms with Crippen LogP contribution in [0, 0.1) is 0 Å². The van der Waals surface area contributed by atoms with Gasteiger partial charge in [0.15, 0.2) is 10.9 Å². The van der Waals surface area contributed by atoms with Crippen molar-refractivity contribution in [3.8, 4) is 17.3 Å².